The Balaban J connectivity index is 1.88. The van der Waals surface area contributed by atoms with Gasteiger partial charge in [-0.1, -0.05) is 48.5 Å². The molecule has 0 saturated carbocycles. The van der Waals surface area contributed by atoms with Crippen LogP contribution in [0.25, 0.3) is 0 Å². The predicted molar refractivity (Wildman–Crippen MR) is 162 cm³/mol. The first-order chi connectivity index (χ1) is 19.9. The maximum Gasteiger partial charge on any atom is 0.410 e. The van der Waals surface area contributed by atoms with E-state index in [4.69, 9.17) is 14.2 Å². The Hall–Kier alpha value is -4.05. The molecule has 0 bridgehead atoms. The highest BCUT2D eigenvalue weighted by Gasteiger charge is 2.33. The van der Waals surface area contributed by atoms with E-state index in [1.54, 1.807) is 52.1 Å². The summed E-state index contributed by atoms with van der Waals surface area (Å²) in [6.45, 7) is 5.24. The summed E-state index contributed by atoms with van der Waals surface area (Å²) in [6, 6.07) is 18.8. The molecule has 3 rings (SSSR count). The summed E-state index contributed by atoms with van der Waals surface area (Å²) in [5.41, 5.74) is 1.47. The summed E-state index contributed by atoms with van der Waals surface area (Å²) < 4.78 is 17.1. The van der Waals surface area contributed by atoms with Gasteiger partial charge in [0.2, 0.25) is 5.91 Å². The number of hydrogen-bond donors (Lipinski definition) is 2. The Labute approximate surface area is 254 Å². The van der Waals surface area contributed by atoms with E-state index in [0.717, 1.165) is 11.1 Å². The second kappa shape index (κ2) is 14.7. The first-order valence-corrected chi connectivity index (χ1v) is 14.2. The summed E-state index contributed by atoms with van der Waals surface area (Å²) in [5, 5.41) is 12.5. The molecular formula is C32H37BrN2O7. The maximum absolute atomic E-state index is 13.8. The van der Waals surface area contributed by atoms with Crippen molar-refractivity contribution in [1.82, 2.24) is 10.2 Å². The summed E-state index contributed by atoms with van der Waals surface area (Å²) >= 11 is 3.47. The second-order valence-corrected chi connectivity index (χ2v) is 11.7. The van der Waals surface area contributed by atoms with Gasteiger partial charge in [0.05, 0.1) is 11.6 Å². The Kier molecular flexibility index (Phi) is 11.4. The highest BCUT2D eigenvalue weighted by molar-refractivity contribution is 9.10. The van der Waals surface area contributed by atoms with Gasteiger partial charge < -0.3 is 24.6 Å². The summed E-state index contributed by atoms with van der Waals surface area (Å²) in [6.07, 6.45) is -0.449. The average Bonchev–Trinajstić information content (AvgIpc) is 2.94. The van der Waals surface area contributed by atoms with Crippen LogP contribution in [0.5, 0.6) is 11.5 Å². The van der Waals surface area contributed by atoms with Crippen molar-refractivity contribution in [3.63, 3.8) is 0 Å². The zero-order valence-electron chi connectivity index (χ0n) is 24.4. The van der Waals surface area contributed by atoms with Crippen molar-refractivity contribution in [1.29, 1.82) is 0 Å². The number of benzene rings is 3. The van der Waals surface area contributed by atoms with Gasteiger partial charge in [-0.05, 0) is 77.7 Å². The highest BCUT2D eigenvalue weighted by atomic mass is 79.9. The number of amides is 2. The number of carbonyl (C=O) groups is 3. The zero-order chi connectivity index (χ0) is 30.9. The lowest BCUT2D eigenvalue weighted by molar-refractivity contribution is -0.149. The van der Waals surface area contributed by atoms with Crippen molar-refractivity contribution in [2.75, 3.05) is 14.2 Å². The normalized spacial score (nSPS) is 12.5. The van der Waals surface area contributed by atoms with Crippen LogP contribution in [0, 0.1) is 0 Å². The van der Waals surface area contributed by atoms with Gasteiger partial charge in [-0.3, -0.25) is 9.69 Å². The number of aromatic hydroxyl groups is 1. The molecule has 2 N–H and O–H groups in total. The van der Waals surface area contributed by atoms with Gasteiger partial charge in [0.25, 0.3) is 0 Å². The van der Waals surface area contributed by atoms with Crippen LogP contribution >= 0.6 is 15.9 Å². The van der Waals surface area contributed by atoms with Gasteiger partial charge >= 0.3 is 12.1 Å². The number of likely N-dealkylation sites (N-methyl/N-ethyl adjacent to an activating group) is 1. The molecule has 3 aromatic rings. The fourth-order valence-corrected chi connectivity index (χ4v) is 4.67. The average molecular weight is 642 g/mol. The molecule has 3 aromatic carbocycles. The maximum atomic E-state index is 13.8. The molecule has 0 unspecified atom stereocenters. The molecule has 0 aliphatic heterocycles. The molecule has 42 heavy (non-hydrogen) atoms. The Morgan fingerprint density at radius 2 is 1.57 bits per heavy atom. The van der Waals surface area contributed by atoms with E-state index >= 15 is 0 Å². The van der Waals surface area contributed by atoms with E-state index in [1.807, 2.05) is 36.4 Å². The molecule has 0 aliphatic carbocycles. The quantitative estimate of drug-likeness (QED) is 0.269. The minimum absolute atomic E-state index is 0.0348. The van der Waals surface area contributed by atoms with E-state index in [-0.39, 0.29) is 25.2 Å². The molecule has 0 saturated heterocycles. The van der Waals surface area contributed by atoms with E-state index in [1.165, 1.54) is 24.1 Å². The molecule has 0 heterocycles. The third-order valence-corrected chi connectivity index (χ3v) is 6.92. The van der Waals surface area contributed by atoms with E-state index in [9.17, 15) is 19.5 Å². The number of rotatable bonds is 11. The number of methoxy groups -OCH3 is 1. The number of hydrogen-bond acceptors (Lipinski definition) is 7. The van der Waals surface area contributed by atoms with Crippen molar-refractivity contribution in [3.8, 4) is 11.5 Å². The molecule has 2 amide bonds. The number of ether oxygens (including phenoxy) is 3. The number of phenols is 1. The van der Waals surface area contributed by atoms with Gasteiger partial charge in [0.1, 0.15) is 35.8 Å². The Bertz CT molecular complexity index is 1360. The number of carbonyl (C=O) groups excluding carboxylic acids is 3. The summed E-state index contributed by atoms with van der Waals surface area (Å²) in [7, 11) is 3.03. The molecule has 0 aliphatic rings. The minimum Gasteiger partial charge on any atom is -0.508 e. The van der Waals surface area contributed by atoms with Crippen molar-refractivity contribution >= 4 is 33.9 Å². The number of phenolic OH excluding ortho intramolecular Hbond substituents is 1. The van der Waals surface area contributed by atoms with Crippen LogP contribution in [0.3, 0.4) is 0 Å². The fraction of sp³-hybridized carbons (Fsp3) is 0.344. The lowest BCUT2D eigenvalue weighted by atomic mass is 10.0. The number of esters is 1. The van der Waals surface area contributed by atoms with Gasteiger partial charge in [0, 0.05) is 19.9 Å². The standard InChI is InChI=1S/C32H37BrN2O7/c1-32(2,3)42-31(39)35(4)27(19-21-11-14-24(36)15-12-21)29(37)34-26(18-23-13-16-28(40-5)25(33)17-23)30(38)41-20-22-9-7-6-8-10-22/h6-17,26-27,36H,18-20H2,1-5H3,(H,34,37)/t26-,27-/m0/s1. The van der Waals surface area contributed by atoms with Crippen LogP contribution in [-0.2, 0) is 38.5 Å². The number of nitrogens with one attached hydrogen (secondary N) is 1. The van der Waals surface area contributed by atoms with Crippen molar-refractivity contribution in [2.24, 2.45) is 0 Å². The molecule has 0 aromatic heterocycles. The molecule has 0 fully saturated rings. The van der Waals surface area contributed by atoms with Crippen LogP contribution < -0.4 is 10.1 Å². The Morgan fingerprint density at radius 1 is 0.929 bits per heavy atom. The molecule has 0 radical (unpaired) electrons. The third-order valence-electron chi connectivity index (χ3n) is 6.30. The molecule has 9 nitrogen and oxygen atoms in total. The summed E-state index contributed by atoms with van der Waals surface area (Å²) in [5.74, 6) is -0.487. The van der Waals surface area contributed by atoms with Gasteiger partial charge in [-0.15, -0.1) is 0 Å². The summed E-state index contributed by atoms with van der Waals surface area (Å²) in [4.78, 5) is 41.4. The minimum atomic E-state index is -1.06. The van der Waals surface area contributed by atoms with Crippen molar-refractivity contribution in [3.05, 3.63) is 94.0 Å². The first-order valence-electron chi connectivity index (χ1n) is 13.4. The van der Waals surface area contributed by atoms with E-state index < -0.39 is 35.7 Å². The molecular weight excluding hydrogens is 604 g/mol. The second-order valence-electron chi connectivity index (χ2n) is 10.8. The van der Waals surface area contributed by atoms with Crippen LogP contribution in [0.4, 0.5) is 4.79 Å². The molecule has 10 heteroatoms. The van der Waals surface area contributed by atoms with Crippen LogP contribution in [0.1, 0.15) is 37.5 Å². The Morgan fingerprint density at radius 3 is 2.17 bits per heavy atom. The lowest BCUT2D eigenvalue weighted by Gasteiger charge is -2.31. The van der Waals surface area contributed by atoms with Crippen LogP contribution in [-0.4, -0.2) is 59.8 Å². The molecule has 0 spiro atoms. The van der Waals surface area contributed by atoms with Gasteiger partial charge in [-0.2, -0.15) is 0 Å². The highest BCUT2D eigenvalue weighted by Crippen LogP contribution is 2.26. The molecule has 224 valence electrons. The van der Waals surface area contributed by atoms with Crippen LogP contribution in [0.15, 0.2) is 77.3 Å². The first kappa shape index (κ1) is 32.5. The van der Waals surface area contributed by atoms with Crippen molar-refractivity contribution < 1.29 is 33.7 Å². The van der Waals surface area contributed by atoms with Crippen LogP contribution in [0.2, 0.25) is 0 Å². The lowest BCUT2D eigenvalue weighted by Crippen LogP contribution is -2.54. The van der Waals surface area contributed by atoms with Crippen molar-refractivity contribution in [2.45, 2.75) is 57.9 Å². The van der Waals surface area contributed by atoms with Gasteiger partial charge in [0.15, 0.2) is 0 Å². The monoisotopic (exact) mass is 640 g/mol. The zero-order valence-corrected chi connectivity index (χ0v) is 26.0. The van der Waals surface area contributed by atoms with Gasteiger partial charge in [-0.25, -0.2) is 9.59 Å². The molecule has 2 atom stereocenters. The number of nitrogens with zero attached hydrogens (tertiary/aromatic N) is 1. The van der Waals surface area contributed by atoms with E-state index in [0.29, 0.717) is 15.8 Å². The smallest absolute Gasteiger partial charge is 0.410 e. The third kappa shape index (κ3) is 9.80. The number of halogens is 1. The SMILES string of the molecule is COc1ccc(C[C@H](NC(=O)[C@H](Cc2ccc(O)cc2)N(C)C(=O)OC(C)(C)C)C(=O)OCc2ccccc2)cc1Br. The topological polar surface area (TPSA) is 114 Å². The van der Waals surface area contributed by atoms with E-state index in [2.05, 4.69) is 21.2 Å². The fourth-order valence-electron chi connectivity index (χ4n) is 4.09. The largest absolute Gasteiger partial charge is 0.508 e. The predicted octanol–water partition coefficient (Wildman–Crippen LogP) is 5.41.